The van der Waals surface area contributed by atoms with E-state index in [1.807, 2.05) is 27.7 Å². The molecule has 1 amide bonds. The molecule has 0 aromatic carbocycles. The van der Waals surface area contributed by atoms with Crippen molar-refractivity contribution >= 4 is 17.7 Å². The molecule has 0 radical (unpaired) electrons. The van der Waals surface area contributed by atoms with Crippen LogP contribution < -0.4 is 0 Å². The minimum absolute atomic E-state index is 0.0396. The summed E-state index contributed by atoms with van der Waals surface area (Å²) in [6.45, 7) is 10.6. The molecule has 25 heavy (non-hydrogen) atoms. The predicted molar refractivity (Wildman–Crippen MR) is 91.1 cm³/mol. The molecule has 0 aliphatic carbocycles. The van der Waals surface area contributed by atoms with Crippen molar-refractivity contribution in [2.75, 3.05) is 0 Å². The molecule has 138 valence electrons. The van der Waals surface area contributed by atoms with Crippen molar-refractivity contribution in [3.05, 3.63) is 22.9 Å². The second-order valence-corrected chi connectivity index (χ2v) is 7.62. The number of pyridine rings is 1. The first-order chi connectivity index (χ1) is 11.4. The fraction of sp³-hybridized carbons (Fsp3) is 0.588. The van der Waals surface area contributed by atoms with Gasteiger partial charge in [0.25, 0.3) is 0 Å². The third-order valence-corrected chi connectivity index (χ3v) is 4.61. The standard InChI is InChI=1S/C17H22F3N3OS/c1-9(2)23(10(3)4)16(24)12(6)25-15-13(8-21)14(17(18,19)20)7-11(5)22-15/h7,9-10,12H,1-6H3/t12-/m1/s1. The molecule has 4 nitrogen and oxygen atoms in total. The summed E-state index contributed by atoms with van der Waals surface area (Å²) in [6.07, 6.45) is -4.65. The third-order valence-electron chi connectivity index (χ3n) is 3.53. The molecule has 0 saturated heterocycles. The maximum Gasteiger partial charge on any atom is 0.417 e. The molecular formula is C17H22F3N3OS. The van der Waals surface area contributed by atoms with Crippen LogP contribution in [0.4, 0.5) is 13.2 Å². The number of nitriles is 1. The molecule has 0 spiro atoms. The summed E-state index contributed by atoms with van der Waals surface area (Å²) < 4.78 is 39.5. The summed E-state index contributed by atoms with van der Waals surface area (Å²) in [7, 11) is 0. The zero-order valence-electron chi connectivity index (χ0n) is 15.1. The van der Waals surface area contributed by atoms with Gasteiger partial charge in [0, 0.05) is 17.8 Å². The van der Waals surface area contributed by atoms with Crippen molar-refractivity contribution in [2.45, 2.75) is 70.1 Å². The minimum Gasteiger partial charge on any atom is -0.337 e. The Morgan fingerprint density at radius 2 is 1.76 bits per heavy atom. The number of thioether (sulfide) groups is 1. The smallest absolute Gasteiger partial charge is 0.337 e. The van der Waals surface area contributed by atoms with Crippen LogP contribution >= 0.6 is 11.8 Å². The first kappa shape index (κ1) is 21.3. The number of hydrogen-bond donors (Lipinski definition) is 0. The van der Waals surface area contributed by atoms with E-state index in [0.29, 0.717) is 0 Å². The van der Waals surface area contributed by atoms with Crippen molar-refractivity contribution in [3.63, 3.8) is 0 Å². The first-order valence-corrected chi connectivity index (χ1v) is 8.75. The van der Waals surface area contributed by atoms with E-state index in [4.69, 9.17) is 0 Å². The van der Waals surface area contributed by atoms with Crippen LogP contribution in [-0.4, -0.2) is 33.1 Å². The summed E-state index contributed by atoms with van der Waals surface area (Å²) in [5.41, 5.74) is -1.41. The quantitative estimate of drug-likeness (QED) is 0.718. The van der Waals surface area contributed by atoms with Gasteiger partial charge in [-0.15, -0.1) is 0 Å². The lowest BCUT2D eigenvalue weighted by Crippen LogP contribution is -2.45. The average molecular weight is 373 g/mol. The number of carbonyl (C=O) groups excluding carboxylic acids is 1. The molecule has 1 atom stereocenters. The molecule has 1 aromatic rings. The van der Waals surface area contributed by atoms with Crippen LogP contribution in [0.5, 0.6) is 0 Å². The summed E-state index contributed by atoms with van der Waals surface area (Å²) >= 11 is 0.886. The third kappa shape index (κ3) is 5.11. The Morgan fingerprint density at radius 3 is 2.16 bits per heavy atom. The molecule has 0 aliphatic rings. The lowest BCUT2D eigenvalue weighted by atomic mass is 10.1. The molecule has 0 N–H and O–H groups in total. The van der Waals surface area contributed by atoms with Crippen LogP contribution in [0, 0.1) is 18.3 Å². The lowest BCUT2D eigenvalue weighted by Gasteiger charge is -2.33. The van der Waals surface area contributed by atoms with Gasteiger partial charge in [0.2, 0.25) is 5.91 Å². The number of aromatic nitrogens is 1. The molecular weight excluding hydrogens is 351 g/mol. The Kier molecular flexibility index (Phi) is 6.89. The Balaban J connectivity index is 3.25. The van der Waals surface area contributed by atoms with Crippen molar-refractivity contribution in [2.24, 2.45) is 0 Å². The molecule has 0 aliphatic heterocycles. The van der Waals surface area contributed by atoms with Crippen LogP contribution in [0.3, 0.4) is 0 Å². The molecule has 0 fully saturated rings. The fourth-order valence-electron chi connectivity index (χ4n) is 2.59. The first-order valence-electron chi connectivity index (χ1n) is 7.87. The van der Waals surface area contributed by atoms with E-state index in [2.05, 4.69) is 4.98 Å². The largest absolute Gasteiger partial charge is 0.417 e. The maximum absolute atomic E-state index is 13.2. The number of hydrogen-bond acceptors (Lipinski definition) is 4. The highest BCUT2D eigenvalue weighted by Crippen LogP contribution is 2.37. The number of rotatable bonds is 5. The second kappa shape index (κ2) is 8.09. The van der Waals surface area contributed by atoms with E-state index in [1.165, 1.54) is 6.92 Å². The van der Waals surface area contributed by atoms with Gasteiger partial charge in [0.05, 0.1) is 16.4 Å². The average Bonchev–Trinajstić information content (AvgIpc) is 2.44. The lowest BCUT2D eigenvalue weighted by molar-refractivity contribution is -0.138. The molecule has 1 rings (SSSR count). The van der Waals surface area contributed by atoms with Gasteiger partial charge in [0.1, 0.15) is 11.1 Å². The van der Waals surface area contributed by atoms with Crippen molar-refractivity contribution in [3.8, 4) is 6.07 Å². The summed E-state index contributed by atoms with van der Waals surface area (Å²) in [5.74, 6) is -0.198. The summed E-state index contributed by atoms with van der Waals surface area (Å²) in [6, 6.07) is 2.36. The zero-order chi connectivity index (χ0) is 19.5. The highest BCUT2D eigenvalue weighted by Gasteiger charge is 2.36. The van der Waals surface area contributed by atoms with Gasteiger partial charge >= 0.3 is 6.18 Å². The Morgan fingerprint density at radius 1 is 1.24 bits per heavy atom. The van der Waals surface area contributed by atoms with Crippen molar-refractivity contribution in [1.82, 2.24) is 9.88 Å². The van der Waals surface area contributed by atoms with Gasteiger partial charge in [-0.25, -0.2) is 4.98 Å². The van der Waals surface area contributed by atoms with Gasteiger partial charge in [-0.2, -0.15) is 18.4 Å². The number of alkyl halides is 3. The van der Waals surface area contributed by atoms with Crippen molar-refractivity contribution in [1.29, 1.82) is 5.26 Å². The highest BCUT2D eigenvalue weighted by molar-refractivity contribution is 8.00. The van der Waals surface area contributed by atoms with E-state index < -0.39 is 22.6 Å². The monoisotopic (exact) mass is 373 g/mol. The fourth-order valence-corrected chi connectivity index (χ4v) is 3.62. The van der Waals surface area contributed by atoms with Crippen LogP contribution in [0.25, 0.3) is 0 Å². The number of halogens is 3. The van der Waals surface area contributed by atoms with Gasteiger partial charge in [-0.1, -0.05) is 11.8 Å². The summed E-state index contributed by atoms with van der Waals surface area (Å²) in [4.78, 5) is 18.4. The maximum atomic E-state index is 13.2. The van der Waals surface area contributed by atoms with Crippen LogP contribution in [-0.2, 0) is 11.0 Å². The number of amides is 1. The second-order valence-electron chi connectivity index (χ2n) is 6.29. The molecule has 0 bridgehead atoms. The Hall–Kier alpha value is -1.75. The number of aryl methyl sites for hydroxylation is 1. The Labute approximate surface area is 150 Å². The molecule has 1 aromatic heterocycles. The highest BCUT2D eigenvalue weighted by atomic mass is 32.2. The van der Waals surface area contributed by atoms with Gasteiger partial charge in [-0.3, -0.25) is 4.79 Å². The van der Waals surface area contributed by atoms with E-state index in [9.17, 15) is 23.2 Å². The molecule has 8 heteroatoms. The molecule has 0 unspecified atom stereocenters. The van der Waals surface area contributed by atoms with E-state index >= 15 is 0 Å². The summed E-state index contributed by atoms with van der Waals surface area (Å²) in [5, 5.41) is 8.47. The van der Waals surface area contributed by atoms with Crippen LogP contribution in [0.15, 0.2) is 11.1 Å². The minimum atomic E-state index is -4.65. The van der Waals surface area contributed by atoms with Crippen LogP contribution in [0.1, 0.15) is 51.4 Å². The van der Waals surface area contributed by atoms with Gasteiger partial charge < -0.3 is 4.90 Å². The predicted octanol–water partition coefficient (Wildman–Crippen LogP) is 4.41. The molecule has 0 saturated carbocycles. The normalized spacial score (nSPS) is 13.0. The van der Waals surface area contributed by atoms with Crippen molar-refractivity contribution < 1.29 is 18.0 Å². The Bertz CT molecular complexity index is 673. The number of carbonyl (C=O) groups is 1. The topological polar surface area (TPSA) is 57.0 Å². The SMILES string of the molecule is Cc1cc(C(F)(F)F)c(C#N)c(S[C@H](C)C(=O)N(C(C)C)C(C)C)n1. The van der Waals surface area contributed by atoms with Crippen LogP contribution in [0.2, 0.25) is 0 Å². The van der Waals surface area contributed by atoms with E-state index in [-0.39, 0.29) is 28.7 Å². The van der Waals surface area contributed by atoms with E-state index in [1.54, 1.807) is 17.9 Å². The van der Waals surface area contributed by atoms with Gasteiger partial charge in [0.15, 0.2) is 0 Å². The zero-order valence-corrected chi connectivity index (χ0v) is 15.9. The van der Waals surface area contributed by atoms with Gasteiger partial charge in [-0.05, 0) is 47.6 Å². The number of nitrogens with zero attached hydrogens (tertiary/aromatic N) is 3. The molecule has 1 heterocycles. The van der Waals surface area contributed by atoms with E-state index in [0.717, 1.165) is 17.8 Å².